The summed E-state index contributed by atoms with van der Waals surface area (Å²) < 4.78 is 4.51. The van der Waals surface area contributed by atoms with Gasteiger partial charge in [0.2, 0.25) is 0 Å². The average molecular weight is 248 g/mol. The first-order chi connectivity index (χ1) is 8.29. The van der Waals surface area contributed by atoms with Crippen LogP contribution in [0.5, 0.6) is 0 Å². The molecule has 1 aromatic carbocycles. The summed E-state index contributed by atoms with van der Waals surface area (Å²) in [6.07, 6.45) is 1.35. The Morgan fingerprint density at radius 3 is 3.12 bits per heavy atom. The van der Waals surface area contributed by atoms with E-state index < -0.39 is 6.09 Å². The summed E-state index contributed by atoms with van der Waals surface area (Å²) in [7, 11) is 1.35. The van der Waals surface area contributed by atoms with Gasteiger partial charge in [0.05, 0.1) is 7.11 Å². The lowest BCUT2D eigenvalue weighted by molar-refractivity contribution is 0.170. The van der Waals surface area contributed by atoms with Crippen LogP contribution in [0.4, 0.5) is 4.79 Å². The molecule has 5 heteroatoms. The number of nitrogens with zero attached hydrogens (tertiary/aromatic N) is 1. The molecule has 0 aliphatic heterocycles. The predicted molar refractivity (Wildman–Crippen MR) is 66.8 cm³/mol. The number of hydrogen-bond donors (Lipinski definition) is 1. The number of benzene rings is 1. The van der Waals surface area contributed by atoms with E-state index in [4.69, 9.17) is 0 Å². The number of hydrogen-bond acceptors (Lipinski definition) is 4. The van der Waals surface area contributed by atoms with Crippen LogP contribution >= 0.6 is 11.3 Å². The zero-order valence-electron chi connectivity index (χ0n) is 9.34. The average Bonchev–Trinajstić information content (AvgIpc) is 2.90. The Labute approximate surface area is 103 Å². The van der Waals surface area contributed by atoms with E-state index in [1.165, 1.54) is 7.11 Å². The fourth-order valence-electron chi connectivity index (χ4n) is 1.43. The summed E-state index contributed by atoms with van der Waals surface area (Å²) in [6.45, 7) is 0.450. The minimum atomic E-state index is -0.426. The van der Waals surface area contributed by atoms with Gasteiger partial charge in [-0.25, -0.2) is 9.78 Å². The van der Waals surface area contributed by atoms with Gasteiger partial charge in [0.1, 0.15) is 5.01 Å². The van der Waals surface area contributed by atoms with E-state index >= 15 is 0 Å². The molecule has 0 fully saturated rings. The molecule has 2 rings (SSSR count). The fourth-order valence-corrected chi connectivity index (χ4v) is 2.06. The second-order valence-corrected chi connectivity index (χ2v) is 4.28. The van der Waals surface area contributed by atoms with Crippen molar-refractivity contribution < 1.29 is 9.53 Å². The standard InChI is InChI=1S/C12H12N2O2S/c1-16-12(15)14-8-9-3-2-4-10(7-9)11-13-5-6-17-11/h2-7H,8H2,1H3,(H,14,15). The van der Waals surface area contributed by atoms with Crippen molar-refractivity contribution in [2.45, 2.75) is 6.54 Å². The van der Waals surface area contributed by atoms with Crippen molar-refractivity contribution in [1.29, 1.82) is 0 Å². The number of aromatic nitrogens is 1. The topological polar surface area (TPSA) is 51.2 Å². The molecule has 17 heavy (non-hydrogen) atoms. The van der Waals surface area contributed by atoms with Crippen molar-refractivity contribution in [1.82, 2.24) is 10.3 Å². The van der Waals surface area contributed by atoms with Gasteiger partial charge in [-0.05, 0) is 11.6 Å². The van der Waals surface area contributed by atoms with E-state index in [2.05, 4.69) is 15.0 Å². The van der Waals surface area contributed by atoms with Crippen molar-refractivity contribution in [2.24, 2.45) is 0 Å². The Hall–Kier alpha value is -1.88. The summed E-state index contributed by atoms with van der Waals surface area (Å²) >= 11 is 1.59. The summed E-state index contributed by atoms with van der Waals surface area (Å²) in [6, 6.07) is 7.91. The molecule has 0 unspecified atom stereocenters. The lowest BCUT2D eigenvalue weighted by atomic mass is 10.1. The van der Waals surface area contributed by atoms with Crippen LogP contribution in [0.25, 0.3) is 10.6 Å². The van der Waals surface area contributed by atoms with Gasteiger partial charge >= 0.3 is 6.09 Å². The number of thiazole rings is 1. The van der Waals surface area contributed by atoms with E-state index in [0.717, 1.165) is 16.1 Å². The Kier molecular flexibility index (Phi) is 3.72. The van der Waals surface area contributed by atoms with Crippen molar-refractivity contribution in [3.05, 3.63) is 41.4 Å². The molecule has 1 heterocycles. The van der Waals surface area contributed by atoms with Crippen LogP contribution in [0.15, 0.2) is 35.8 Å². The van der Waals surface area contributed by atoms with Gasteiger partial charge in [0.15, 0.2) is 0 Å². The third-order valence-electron chi connectivity index (χ3n) is 2.23. The Bertz CT molecular complexity index is 497. The quantitative estimate of drug-likeness (QED) is 0.908. The Morgan fingerprint density at radius 2 is 2.41 bits per heavy atom. The first kappa shape index (κ1) is 11.6. The second kappa shape index (κ2) is 5.45. The molecule has 0 spiro atoms. The zero-order chi connectivity index (χ0) is 12.1. The van der Waals surface area contributed by atoms with Crippen molar-refractivity contribution in [3.8, 4) is 10.6 Å². The number of amides is 1. The van der Waals surface area contributed by atoms with E-state index in [0.29, 0.717) is 6.54 Å². The maximum atomic E-state index is 11.0. The molecule has 0 saturated carbocycles. The number of carbonyl (C=O) groups is 1. The third-order valence-corrected chi connectivity index (χ3v) is 3.05. The third kappa shape index (κ3) is 3.04. The molecule has 0 atom stereocenters. The minimum Gasteiger partial charge on any atom is -0.453 e. The van der Waals surface area contributed by atoms with Crippen LogP contribution in [-0.2, 0) is 11.3 Å². The fraction of sp³-hybridized carbons (Fsp3) is 0.167. The number of methoxy groups -OCH3 is 1. The molecular weight excluding hydrogens is 236 g/mol. The maximum Gasteiger partial charge on any atom is 0.407 e. The van der Waals surface area contributed by atoms with Gasteiger partial charge in [-0.15, -0.1) is 11.3 Å². The van der Waals surface area contributed by atoms with Crippen LogP contribution in [-0.4, -0.2) is 18.2 Å². The van der Waals surface area contributed by atoms with Gasteiger partial charge in [-0.2, -0.15) is 0 Å². The zero-order valence-corrected chi connectivity index (χ0v) is 10.2. The monoisotopic (exact) mass is 248 g/mol. The molecule has 0 saturated heterocycles. The van der Waals surface area contributed by atoms with Crippen LogP contribution in [0, 0.1) is 0 Å². The number of carbonyl (C=O) groups excluding carboxylic acids is 1. The predicted octanol–water partition coefficient (Wildman–Crippen LogP) is 2.67. The molecule has 88 valence electrons. The van der Waals surface area contributed by atoms with E-state index in [9.17, 15) is 4.79 Å². The Balaban J connectivity index is 2.09. The Morgan fingerprint density at radius 1 is 1.53 bits per heavy atom. The SMILES string of the molecule is COC(=O)NCc1cccc(-c2nccs2)c1. The number of alkyl carbamates (subject to hydrolysis) is 1. The minimum absolute atomic E-state index is 0.426. The van der Waals surface area contributed by atoms with Crippen LogP contribution in [0.1, 0.15) is 5.56 Å². The molecule has 0 radical (unpaired) electrons. The summed E-state index contributed by atoms with van der Waals surface area (Å²) in [5.74, 6) is 0. The molecule has 2 aromatic rings. The van der Waals surface area contributed by atoms with Gasteiger partial charge in [0, 0.05) is 23.7 Å². The smallest absolute Gasteiger partial charge is 0.407 e. The first-order valence-electron chi connectivity index (χ1n) is 5.10. The number of ether oxygens (including phenoxy) is 1. The lowest BCUT2D eigenvalue weighted by Gasteiger charge is -2.05. The van der Waals surface area contributed by atoms with Crippen LogP contribution in [0.2, 0.25) is 0 Å². The maximum absolute atomic E-state index is 11.0. The van der Waals surface area contributed by atoms with Crippen molar-refractivity contribution in [3.63, 3.8) is 0 Å². The summed E-state index contributed by atoms with van der Waals surface area (Å²) in [5.41, 5.74) is 2.08. The van der Waals surface area contributed by atoms with E-state index in [1.54, 1.807) is 17.5 Å². The second-order valence-electron chi connectivity index (χ2n) is 3.38. The van der Waals surface area contributed by atoms with Gasteiger partial charge in [-0.3, -0.25) is 0 Å². The molecule has 0 bridgehead atoms. The highest BCUT2D eigenvalue weighted by Gasteiger charge is 2.03. The number of nitrogens with one attached hydrogen (secondary N) is 1. The highest BCUT2D eigenvalue weighted by atomic mass is 32.1. The normalized spacial score (nSPS) is 9.94. The number of rotatable bonds is 3. The summed E-state index contributed by atoms with van der Waals surface area (Å²) in [4.78, 5) is 15.2. The molecule has 1 N–H and O–H groups in total. The highest BCUT2D eigenvalue weighted by molar-refractivity contribution is 7.13. The molecular formula is C12H12N2O2S. The lowest BCUT2D eigenvalue weighted by Crippen LogP contribution is -2.22. The van der Waals surface area contributed by atoms with Crippen LogP contribution in [0.3, 0.4) is 0 Å². The van der Waals surface area contributed by atoms with Gasteiger partial charge < -0.3 is 10.1 Å². The largest absolute Gasteiger partial charge is 0.453 e. The van der Waals surface area contributed by atoms with Crippen LogP contribution < -0.4 is 5.32 Å². The van der Waals surface area contributed by atoms with E-state index in [1.807, 2.05) is 29.6 Å². The molecule has 4 nitrogen and oxygen atoms in total. The van der Waals surface area contributed by atoms with Crippen molar-refractivity contribution in [2.75, 3.05) is 7.11 Å². The van der Waals surface area contributed by atoms with Gasteiger partial charge in [0.25, 0.3) is 0 Å². The van der Waals surface area contributed by atoms with Crippen molar-refractivity contribution >= 4 is 17.4 Å². The molecule has 1 amide bonds. The highest BCUT2D eigenvalue weighted by Crippen LogP contribution is 2.22. The first-order valence-corrected chi connectivity index (χ1v) is 5.98. The molecule has 0 aliphatic rings. The van der Waals surface area contributed by atoms with E-state index in [-0.39, 0.29) is 0 Å². The van der Waals surface area contributed by atoms with Gasteiger partial charge in [-0.1, -0.05) is 18.2 Å². The molecule has 0 aliphatic carbocycles. The molecule has 1 aromatic heterocycles. The summed E-state index contributed by atoms with van der Waals surface area (Å²) in [5, 5.41) is 5.56.